The number of benzene rings is 2. The van der Waals surface area contributed by atoms with Gasteiger partial charge in [0.15, 0.2) is 19.7 Å². The lowest BCUT2D eigenvalue weighted by Crippen LogP contribution is -2.44. The molecule has 1 aliphatic heterocycles. The second-order valence-corrected chi connectivity index (χ2v) is 11.1. The first-order valence-corrected chi connectivity index (χ1v) is 12.1. The first-order chi connectivity index (χ1) is 13.2. The Balaban J connectivity index is 1.76. The topological polar surface area (TPSA) is 89.5 Å². The minimum atomic E-state index is -3.86. The van der Waals surface area contributed by atoms with Gasteiger partial charge in [0, 0.05) is 6.04 Å². The van der Waals surface area contributed by atoms with E-state index in [-0.39, 0.29) is 23.0 Å². The zero-order valence-corrected chi connectivity index (χ0v) is 17.0. The van der Waals surface area contributed by atoms with Crippen molar-refractivity contribution in [3.63, 3.8) is 0 Å². The van der Waals surface area contributed by atoms with Crippen LogP contribution < -0.4 is 10.1 Å². The maximum Gasteiger partial charge on any atom is 0.183 e. The van der Waals surface area contributed by atoms with Gasteiger partial charge in [-0.2, -0.15) is 0 Å². The minimum Gasteiger partial charge on any atom is -0.497 e. The fraction of sp³-hybridized carbons (Fsp3) is 0.368. The van der Waals surface area contributed by atoms with Gasteiger partial charge in [0.05, 0.1) is 28.8 Å². The number of sulfone groups is 2. The third-order valence-electron chi connectivity index (χ3n) is 4.85. The Hall–Kier alpha value is -1.97. The van der Waals surface area contributed by atoms with Crippen molar-refractivity contribution in [1.29, 1.82) is 0 Å². The van der Waals surface area contributed by atoms with E-state index in [1.165, 1.54) is 37.4 Å². The lowest BCUT2D eigenvalue weighted by atomic mass is 10.1. The van der Waals surface area contributed by atoms with Crippen molar-refractivity contribution in [2.24, 2.45) is 0 Å². The molecule has 28 heavy (non-hydrogen) atoms. The second kappa shape index (κ2) is 8.18. The fourth-order valence-electron chi connectivity index (χ4n) is 3.35. The minimum absolute atomic E-state index is 0.0521. The number of rotatable bonds is 7. The first kappa shape index (κ1) is 20.8. The van der Waals surface area contributed by atoms with E-state index in [4.69, 9.17) is 4.74 Å². The molecule has 0 unspecified atom stereocenters. The highest BCUT2D eigenvalue weighted by atomic mass is 32.2. The Morgan fingerprint density at radius 1 is 1.11 bits per heavy atom. The lowest BCUT2D eigenvalue weighted by molar-refractivity contribution is 0.414. The van der Waals surface area contributed by atoms with E-state index in [2.05, 4.69) is 5.32 Å². The van der Waals surface area contributed by atoms with E-state index in [1.807, 2.05) is 0 Å². The van der Waals surface area contributed by atoms with Gasteiger partial charge in [0.25, 0.3) is 0 Å². The summed E-state index contributed by atoms with van der Waals surface area (Å²) in [5, 5.41) is 1.92. The highest BCUT2D eigenvalue weighted by molar-refractivity contribution is 7.96. The monoisotopic (exact) mass is 427 g/mol. The van der Waals surface area contributed by atoms with Gasteiger partial charge in [-0.15, -0.1) is 0 Å². The van der Waals surface area contributed by atoms with E-state index in [0.717, 1.165) is 0 Å². The van der Waals surface area contributed by atoms with Crippen LogP contribution in [0.1, 0.15) is 5.56 Å². The molecule has 0 amide bonds. The normalized spacial score (nSPS) is 21.5. The van der Waals surface area contributed by atoms with E-state index >= 15 is 0 Å². The van der Waals surface area contributed by atoms with Crippen LogP contribution in [0.25, 0.3) is 0 Å². The van der Waals surface area contributed by atoms with Crippen LogP contribution in [0.3, 0.4) is 0 Å². The van der Waals surface area contributed by atoms with Crippen molar-refractivity contribution in [2.45, 2.75) is 22.6 Å². The van der Waals surface area contributed by atoms with E-state index in [1.54, 1.807) is 18.2 Å². The summed E-state index contributed by atoms with van der Waals surface area (Å²) in [5.41, 5.74) is 0.491. The average Bonchev–Trinajstić information content (AvgIpc) is 2.98. The van der Waals surface area contributed by atoms with Gasteiger partial charge < -0.3 is 10.1 Å². The van der Waals surface area contributed by atoms with E-state index in [0.29, 0.717) is 17.7 Å². The Kier molecular flexibility index (Phi) is 6.07. The van der Waals surface area contributed by atoms with E-state index in [9.17, 15) is 21.2 Å². The molecular formula is C19H22FNO5S2. The summed E-state index contributed by atoms with van der Waals surface area (Å²) < 4.78 is 69.1. The van der Waals surface area contributed by atoms with Crippen molar-refractivity contribution in [2.75, 3.05) is 25.2 Å². The van der Waals surface area contributed by atoms with Crippen LogP contribution in [-0.4, -0.2) is 53.3 Å². The molecule has 0 spiro atoms. The summed E-state index contributed by atoms with van der Waals surface area (Å²) in [4.78, 5) is 0.0521. The van der Waals surface area contributed by atoms with Gasteiger partial charge in [-0.25, -0.2) is 21.2 Å². The molecule has 1 N–H and O–H groups in total. The highest BCUT2D eigenvalue weighted by Crippen LogP contribution is 2.27. The van der Waals surface area contributed by atoms with Gasteiger partial charge in [-0.3, -0.25) is 0 Å². The molecule has 0 aliphatic carbocycles. The van der Waals surface area contributed by atoms with Crippen LogP contribution >= 0.6 is 0 Å². The second-order valence-electron chi connectivity index (χ2n) is 6.74. The van der Waals surface area contributed by atoms with Crippen LogP contribution in [0.5, 0.6) is 5.75 Å². The van der Waals surface area contributed by atoms with Crippen molar-refractivity contribution >= 4 is 19.7 Å². The lowest BCUT2D eigenvalue weighted by Gasteiger charge is -2.20. The Labute approximate surface area is 164 Å². The zero-order valence-electron chi connectivity index (χ0n) is 15.3. The average molecular weight is 428 g/mol. The number of hydrogen-bond acceptors (Lipinski definition) is 6. The molecule has 0 bridgehead atoms. The molecule has 6 nitrogen and oxygen atoms in total. The van der Waals surface area contributed by atoms with Crippen molar-refractivity contribution in [3.05, 3.63) is 59.9 Å². The molecule has 0 radical (unpaired) electrons. The molecule has 2 atom stereocenters. The smallest absolute Gasteiger partial charge is 0.183 e. The Morgan fingerprint density at radius 2 is 1.79 bits per heavy atom. The molecule has 1 aliphatic rings. The van der Waals surface area contributed by atoms with E-state index < -0.39 is 36.7 Å². The first-order valence-electron chi connectivity index (χ1n) is 8.78. The SMILES string of the molecule is COc1ccc(S(=O)(=O)[C@H]2CS(=O)(=O)C[C@@H]2NCCc2ccccc2F)cc1. The van der Waals surface area contributed by atoms with Gasteiger partial charge in [-0.05, 0) is 48.9 Å². The zero-order chi connectivity index (χ0) is 20.4. The molecule has 1 heterocycles. The third kappa shape index (κ3) is 4.53. The summed E-state index contributed by atoms with van der Waals surface area (Å²) in [6, 6.07) is 11.4. The number of ether oxygens (including phenoxy) is 1. The highest BCUT2D eigenvalue weighted by Gasteiger charge is 2.45. The molecule has 152 valence electrons. The maximum absolute atomic E-state index is 13.7. The molecule has 2 aromatic carbocycles. The van der Waals surface area contributed by atoms with Crippen LogP contribution in [0.4, 0.5) is 4.39 Å². The number of hydrogen-bond donors (Lipinski definition) is 1. The number of nitrogens with one attached hydrogen (secondary N) is 1. The molecule has 0 saturated carbocycles. The predicted octanol–water partition coefficient (Wildman–Crippen LogP) is 1.61. The van der Waals surface area contributed by atoms with Crippen LogP contribution in [0.15, 0.2) is 53.4 Å². The van der Waals surface area contributed by atoms with Gasteiger partial charge >= 0.3 is 0 Å². The number of methoxy groups -OCH3 is 1. The summed E-state index contributed by atoms with van der Waals surface area (Å²) in [7, 11) is -5.88. The standard InChI is InChI=1S/C19H22FNO5S2/c1-26-15-6-8-16(9-7-15)28(24,25)19-13-27(22,23)12-18(19)21-11-10-14-4-2-3-5-17(14)20/h2-9,18-19,21H,10-13H2,1H3/t18-,19-/m0/s1. The molecule has 1 saturated heterocycles. The summed E-state index contributed by atoms with van der Waals surface area (Å²) >= 11 is 0. The summed E-state index contributed by atoms with van der Waals surface area (Å²) in [6.07, 6.45) is 0.332. The summed E-state index contributed by atoms with van der Waals surface area (Å²) in [5.74, 6) is -0.522. The van der Waals surface area contributed by atoms with Gasteiger partial charge in [0.1, 0.15) is 11.6 Å². The quantitative estimate of drug-likeness (QED) is 0.722. The van der Waals surface area contributed by atoms with Crippen LogP contribution in [0, 0.1) is 5.82 Å². The third-order valence-corrected chi connectivity index (χ3v) is 9.01. The van der Waals surface area contributed by atoms with Crippen LogP contribution in [-0.2, 0) is 26.1 Å². The fourth-order valence-corrected chi connectivity index (χ4v) is 8.06. The van der Waals surface area contributed by atoms with Gasteiger partial charge in [0.2, 0.25) is 0 Å². The molecular weight excluding hydrogens is 405 g/mol. The Bertz CT molecular complexity index is 1040. The molecule has 9 heteroatoms. The van der Waals surface area contributed by atoms with Crippen LogP contribution in [0.2, 0.25) is 0 Å². The molecule has 2 aromatic rings. The molecule has 1 fully saturated rings. The maximum atomic E-state index is 13.7. The predicted molar refractivity (Wildman–Crippen MR) is 105 cm³/mol. The molecule has 3 rings (SSSR count). The Morgan fingerprint density at radius 3 is 2.43 bits per heavy atom. The van der Waals surface area contributed by atoms with Crippen molar-refractivity contribution in [3.8, 4) is 5.75 Å². The van der Waals surface area contributed by atoms with Crippen molar-refractivity contribution in [1.82, 2.24) is 5.32 Å². The largest absolute Gasteiger partial charge is 0.497 e. The van der Waals surface area contributed by atoms with Crippen molar-refractivity contribution < 1.29 is 26.0 Å². The van der Waals surface area contributed by atoms with Gasteiger partial charge in [-0.1, -0.05) is 18.2 Å². The number of halogens is 1. The summed E-state index contributed by atoms with van der Waals surface area (Å²) in [6.45, 7) is 0.274. The molecule has 0 aromatic heterocycles.